The molecule has 0 rings (SSSR count). The molecule has 0 aromatic carbocycles. The van der Waals surface area contributed by atoms with Crippen LogP contribution < -0.4 is 11.1 Å². The molecule has 1 amide bonds. The van der Waals surface area contributed by atoms with E-state index in [1.54, 1.807) is 6.08 Å². The first kappa shape index (κ1) is 44.7. The summed E-state index contributed by atoms with van der Waals surface area (Å²) in [6.07, 6.45) is 37.8. The third-order valence-corrected chi connectivity index (χ3v) is 8.92. The van der Waals surface area contributed by atoms with Gasteiger partial charge in [-0.2, -0.15) is 0 Å². The maximum Gasteiger partial charge on any atom is 0.472 e. The minimum absolute atomic E-state index is 0.0730. The van der Waals surface area contributed by atoms with Gasteiger partial charge in [0, 0.05) is 13.0 Å². The summed E-state index contributed by atoms with van der Waals surface area (Å²) in [6.45, 7) is 4.01. The summed E-state index contributed by atoms with van der Waals surface area (Å²) in [7, 11) is -4.33. The van der Waals surface area contributed by atoms with E-state index in [4.69, 9.17) is 14.8 Å². The summed E-state index contributed by atoms with van der Waals surface area (Å²) in [4.78, 5) is 22.5. The van der Waals surface area contributed by atoms with Crippen molar-refractivity contribution in [1.82, 2.24) is 5.32 Å². The second kappa shape index (κ2) is 33.6. The van der Waals surface area contributed by atoms with Gasteiger partial charge in [0.25, 0.3) is 0 Å². The normalized spacial score (nSPS) is 14.8. The maximum absolute atomic E-state index is 12.6. The van der Waals surface area contributed by atoms with Gasteiger partial charge in [-0.25, -0.2) is 4.57 Å². The number of carbonyl (C=O) groups excluding carboxylic acids is 1. The molecule has 0 aliphatic rings. The highest BCUT2D eigenvalue weighted by Crippen LogP contribution is 2.43. The van der Waals surface area contributed by atoms with Crippen molar-refractivity contribution in [1.29, 1.82) is 0 Å². The Hall–Kier alpha value is -1.28. The molecule has 0 aliphatic heterocycles. The van der Waals surface area contributed by atoms with Gasteiger partial charge >= 0.3 is 7.82 Å². The van der Waals surface area contributed by atoms with Crippen LogP contribution in [0.1, 0.15) is 162 Å². The number of phosphoric ester groups is 1. The number of allylic oxidation sites excluding steroid dienone is 5. The molecule has 0 radical (unpaired) electrons. The van der Waals surface area contributed by atoms with Crippen LogP contribution in [-0.2, 0) is 18.4 Å². The van der Waals surface area contributed by atoms with Gasteiger partial charge in [-0.05, 0) is 51.4 Å². The summed E-state index contributed by atoms with van der Waals surface area (Å²) >= 11 is 0. The molecule has 0 saturated heterocycles. The van der Waals surface area contributed by atoms with Gasteiger partial charge in [0.05, 0.1) is 25.4 Å². The lowest BCUT2D eigenvalue weighted by atomic mass is 10.0. The van der Waals surface area contributed by atoms with Crippen molar-refractivity contribution in [3.05, 3.63) is 36.5 Å². The van der Waals surface area contributed by atoms with Crippen LogP contribution in [0.3, 0.4) is 0 Å². The number of rotatable bonds is 34. The second-order valence-electron chi connectivity index (χ2n) is 12.4. The van der Waals surface area contributed by atoms with Crippen molar-refractivity contribution in [3.63, 3.8) is 0 Å². The number of hydrogen-bond acceptors (Lipinski definition) is 6. The van der Waals surface area contributed by atoms with E-state index in [0.29, 0.717) is 6.42 Å². The Kier molecular flexibility index (Phi) is 32.7. The van der Waals surface area contributed by atoms with Crippen LogP contribution >= 0.6 is 7.82 Å². The molecule has 0 heterocycles. The van der Waals surface area contributed by atoms with E-state index in [1.807, 2.05) is 6.08 Å². The van der Waals surface area contributed by atoms with E-state index in [1.165, 1.54) is 103 Å². The zero-order chi connectivity index (χ0) is 34.0. The third kappa shape index (κ3) is 31.3. The van der Waals surface area contributed by atoms with Crippen LogP contribution in [0.5, 0.6) is 0 Å². The number of phosphoric acid groups is 1. The molecular formula is C37H71N2O6P. The standard InChI is InChI=1S/C37H71N2O6P/c1-3-5-7-9-11-13-14-15-16-17-18-19-20-21-22-23-25-27-29-31-37(41)39-35(34-45-46(42,43)44-33-32-38)36(40)30-28-26-24-12-10-8-6-4-2/h10,12,15-16,28,30,35-36,40H,3-9,11,13-14,17-27,29,31-34,38H2,1-2H3,(H,39,41)(H,42,43)/b12-10+,16-15-,30-28+. The molecule has 3 atom stereocenters. The minimum atomic E-state index is -4.33. The van der Waals surface area contributed by atoms with Crippen molar-refractivity contribution in [2.45, 2.75) is 174 Å². The van der Waals surface area contributed by atoms with Gasteiger partial charge < -0.3 is 21.1 Å². The minimum Gasteiger partial charge on any atom is -0.387 e. The number of amides is 1. The molecular weight excluding hydrogens is 599 g/mol. The predicted molar refractivity (Wildman–Crippen MR) is 194 cm³/mol. The second-order valence-corrected chi connectivity index (χ2v) is 13.9. The van der Waals surface area contributed by atoms with Crippen LogP contribution in [0.15, 0.2) is 36.5 Å². The summed E-state index contributed by atoms with van der Waals surface area (Å²) in [5, 5.41) is 13.5. The fourth-order valence-electron chi connectivity index (χ4n) is 5.07. The first-order valence-corrected chi connectivity index (χ1v) is 20.1. The molecule has 0 saturated carbocycles. The lowest BCUT2D eigenvalue weighted by Crippen LogP contribution is -2.45. The Bertz CT molecular complexity index is 820. The smallest absolute Gasteiger partial charge is 0.387 e. The zero-order valence-corrected chi connectivity index (χ0v) is 30.4. The van der Waals surface area contributed by atoms with E-state index in [0.717, 1.165) is 38.5 Å². The predicted octanol–water partition coefficient (Wildman–Crippen LogP) is 9.61. The van der Waals surface area contributed by atoms with Crippen molar-refractivity contribution < 1.29 is 28.4 Å². The summed E-state index contributed by atoms with van der Waals surface area (Å²) in [6, 6.07) is -0.874. The number of nitrogens with one attached hydrogen (secondary N) is 1. The molecule has 8 nitrogen and oxygen atoms in total. The molecule has 0 aromatic rings. The third-order valence-electron chi connectivity index (χ3n) is 7.94. The van der Waals surface area contributed by atoms with Crippen molar-refractivity contribution in [2.75, 3.05) is 19.8 Å². The van der Waals surface area contributed by atoms with Gasteiger partial charge in [0.2, 0.25) is 5.91 Å². The number of nitrogens with two attached hydrogens (primary N) is 1. The topological polar surface area (TPSA) is 131 Å². The number of aliphatic hydroxyl groups excluding tert-OH is 1. The molecule has 46 heavy (non-hydrogen) atoms. The quantitative estimate of drug-likeness (QED) is 0.0305. The molecule has 0 aromatic heterocycles. The average molecular weight is 671 g/mol. The monoisotopic (exact) mass is 671 g/mol. The Morgan fingerprint density at radius 3 is 1.74 bits per heavy atom. The Balaban J connectivity index is 4.18. The van der Waals surface area contributed by atoms with E-state index in [-0.39, 0.29) is 25.7 Å². The van der Waals surface area contributed by atoms with E-state index in [9.17, 15) is 19.4 Å². The Labute approximate surface area is 282 Å². The molecule has 0 fully saturated rings. The van der Waals surface area contributed by atoms with Gasteiger partial charge in [0.1, 0.15) is 0 Å². The maximum atomic E-state index is 12.6. The zero-order valence-electron chi connectivity index (χ0n) is 29.6. The largest absolute Gasteiger partial charge is 0.472 e. The molecule has 9 heteroatoms. The van der Waals surface area contributed by atoms with Crippen LogP contribution in [0.25, 0.3) is 0 Å². The van der Waals surface area contributed by atoms with Crippen LogP contribution in [0.4, 0.5) is 0 Å². The van der Waals surface area contributed by atoms with Crippen LogP contribution in [0, 0.1) is 0 Å². The SMILES string of the molecule is CCCC/C=C/CC/C=C/C(O)C(COP(=O)(O)OCCN)NC(=O)CCCCCCCCCCC/C=C\CCCCCCCC. The number of hydrogen-bond donors (Lipinski definition) is 4. The molecule has 270 valence electrons. The van der Waals surface area contributed by atoms with Crippen LogP contribution in [-0.4, -0.2) is 47.8 Å². The average Bonchev–Trinajstić information content (AvgIpc) is 3.04. The number of unbranched alkanes of at least 4 members (excludes halogenated alkanes) is 18. The van der Waals surface area contributed by atoms with Gasteiger partial charge in [0.15, 0.2) is 0 Å². The van der Waals surface area contributed by atoms with Crippen molar-refractivity contribution in [2.24, 2.45) is 5.73 Å². The molecule has 0 aliphatic carbocycles. The highest BCUT2D eigenvalue weighted by atomic mass is 31.2. The number of carbonyl (C=O) groups is 1. The summed E-state index contributed by atoms with van der Waals surface area (Å²) in [5.74, 6) is -0.212. The van der Waals surface area contributed by atoms with E-state index < -0.39 is 20.0 Å². The lowest BCUT2D eigenvalue weighted by Gasteiger charge is -2.23. The lowest BCUT2D eigenvalue weighted by molar-refractivity contribution is -0.123. The molecule has 5 N–H and O–H groups in total. The summed E-state index contributed by atoms with van der Waals surface area (Å²) in [5.41, 5.74) is 5.33. The van der Waals surface area contributed by atoms with Crippen molar-refractivity contribution in [3.8, 4) is 0 Å². The summed E-state index contributed by atoms with van der Waals surface area (Å²) < 4.78 is 21.9. The Morgan fingerprint density at radius 2 is 1.17 bits per heavy atom. The fraction of sp³-hybridized carbons (Fsp3) is 0.811. The highest BCUT2D eigenvalue weighted by molar-refractivity contribution is 7.47. The molecule has 0 bridgehead atoms. The Morgan fingerprint density at radius 1 is 0.696 bits per heavy atom. The van der Waals surface area contributed by atoms with Crippen molar-refractivity contribution >= 4 is 13.7 Å². The van der Waals surface area contributed by atoms with E-state index >= 15 is 0 Å². The first-order chi connectivity index (χ1) is 22.4. The number of aliphatic hydroxyl groups is 1. The van der Waals surface area contributed by atoms with Gasteiger partial charge in [-0.15, -0.1) is 0 Å². The molecule has 3 unspecified atom stereocenters. The first-order valence-electron chi connectivity index (χ1n) is 18.6. The molecule has 0 spiro atoms. The van der Waals surface area contributed by atoms with Gasteiger partial charge in [-0.1, -0.05) is 140 Å². The van der Waals surface area contributed by atoms with Gasteiger partial charge in [-0.3, -0.25) is 13.8 Å². The highest BCUT2D eigenvalue weighted by Gasteiger charge is 2.26. The van der Waals surface area contributed by atoms with E-state index in [2.05, 4.69) is 43.5 Å². The van der Waals surface area contributed by atoms with Crippen LogP contribution in [0.2, 0.25) is 0 Å². The fourth-order valence-corrected chi connectivity index (χ4v) is 5.83.